The van der Waals surface area contributed by atoms with Crippen LogP contribution in [0.15, 0.2) is 23.1 Å². The molecular weight excluding hydrogens is 322 g/mol. The first-order valence-electron chi connectivity index (χ1n) is 6.32. The van der Waals surface area contributed by atoms with Crippen molar-refractivity contribution in [2.24, 2.45) is 5.73 Å². The number of fused-ring (bicyclic) bond motifs is 3. The van der Waals surface area contributed by atoms with Gasteiger partial charge in [0.05, 0.1) is 5.52 Å². The number of halogens is 1. The second-order valence-electron chi connectivity index (χ2n) is 5.01. The fraction of sp³-hybridized carbons (Fsp3) is 0.333. The minimum atomic E-state index is 0.174. The van der Waals surface area contributed by atoms with Crippen LogP contribution < -0.4 is 10.6 Å². The number of nitrogens with zero attached hydrogens (tertiary/aromatic N) is 6. The summed E-state index contributed by atoms with van der Waals surface area (Å²) >= 11 is 3.42. The average molecular weight is 334 g/mol. The van der Waals surface area contributed by atoms with Crippen LogP contribution >= 0.6 is 15.9 Å². The zero-order chi connectivity index (χ0) is 13.9. The minimum absolute atomic E-state index is 0.174. The Morgan fingerprint density at radius 1 is 1.45 bits per heavy atom. The van der Waals surface area contributed by atoms with Crippen LogP contribution in [0.4, 0.5) is 5.82 Å². The molecule has 0 radical (unpaired) electrons. The highest BCUT2D eigenvalue weighted by Gasteiger charge is 2.35. The topological polar surface area (TPSA) is 85.2 Å². The zero-order valence-electron chi connectivity index (χ0n) is 10.7. The first kappa shape index (κ1) is 12.0. The lowest BCUT2D eigenvalue weighted by molar-refractivity contribution is 0.402. The first-order valence-corrected chi connectivity index (χ1v) is 7.11. The molecule has 102 valence electrons. The molecule has 1 aliphatic heterocycles. The monoisotopic (exact) mass is 333 g/mol. The SMILES string of the molecule is CC1C(N)CN1c1nc2ncc(Br)cc2n2cnnc12. The molecule has 0 aromatic carbocycles. The lowest BCUT2D eigenvalue weighted by Gasteiger charge is -2.45. The van der Waals surface area contributed by atoms with Gasteiger partial charge in [0.15, 0.2) is 11.5 Å². The van der Waals surface area contributed by atoms with Crippen molar-refractivity contribution in [2.45, 2.75) is 19.0 Å². The third-order valence-corrected chi connectivity index (χ3v) is 4.26. The summed E-state index contributed by atoms with van der Waals surface area (Å²) in [6.07, 6.45) is 3.42. The number of aromatic nitrogens is 5. The molecule has 1 aliphatic rings. The molecule has 4 rings (SSSR count). The van der Waals surface area contributed by atoms with Crippen LogP contribution in [0, 0.1) is 0 Å². The van der Waals surface area contributed by atoms with Crippen molar-refractivity contribution in [2.75, 3.05) is 11.4 Å². The maximum atomic E-state index is 5.97. The van der Waals surface area contributed by atoms with Gasteiger partial charge in [0.1, 0.15) is 6.33 Å². The second-order valence-corrected chi connectivity index (χ2v) is 5.93. The smallest absolute Gasteiger partial charge is 0.204 e. The average Bonchev–Trinajstić information content (AvgIpc) is 2.94. The fourth-order valence-electron chi connectivity index (χ4n) is 2.51. The Kier molecular flexibility index (Phi) is 2.45. The molecule has 2 atom stereocenters. The van der Waals surface area contributed by atoms with Gasteiger partial charge in [0, 0.05) is 29.3 Å². The number of hydrogen-bond acceptors (Lipinski definition) is 6. The summed E-state index contributed by atoms with van der Waals surface area (Å²) in [5.41, 5.74) is 8.25. The summed E-state index contributed by atoms with van der Waals surface area (Å²) in [7, 11) is 0. The molecular formula is C12H12BrN7. The van der Waals surface area contributed by atoms with Gasteiger partial charge in [-0.1, -0.05) is 0 Å². The van der Waals surface area contributed by atoms with E-state index < -0.39 is 0 Å². The summed E-state index contributed by atoms with van der Waals surface area (Å²) in [5.74, 6) is 0.791. The van der Waals surface area contributed by atoms with E-state index in [0.29, 0.717) is 5.65 Å². The second kappa shape index (κ2) is 4.10. The molecule has 2 N–H and O–H groups in total. The molecule has 3 aromatic rings. The molecule has 0 amide bonds. The van der Waals surface area contributed by atoms with Crippen LogP contribution in [0.25, 0.3) is 16.8 Å². The quantitative estimate of drug-likeness (QED) is 0.714. The highest BCUT2D eigenvalue weighted by molar-refractivity contribution is 9.10. The van der Waals surface area contributed by atoms with Crippen LogP contribution in [0.1, 0.15) is 6.92 Å². The molecule has 0 bridgehead atoms. The van der Waals surface area contributed by atoms with Crippen molar-refractivity contribution in [3.63, 3.8) is 0 Å². The number of hydrogen-bond donors (Lipinski definition) is 1. The third kappa shape index (κ3) is 1.55. The van der Waals surface area contributed by atoms with E-state index in [9.17, 15) is 0 Å². The Labute approximate surface area is 122 Å². The van der Waals surface area contributed by atoms with Gasteiger partial charge < -0.3 is 10.6 Å². The molecule has 0 aliphatic carbocycles. The Morgan fingerprint density at radius 3 is 3.05 bits per heavy atom. The molecule has 1 fully saturated rings. The van der Waals surface area contributed by atoms with Crippen molar-refractivity contribution in [3.05, 3.63) is 23.1 Å². The largest absolute Gasteiger partial charge is 0.347 e. The molecule has 2 unspecified atom stereocenters. The standard InChI is InChI=1S/C12H12BrN7/c1-6-8(14)4-19(6)11-12-18-16-5-20(12)9-2-7(13)3-15-10(9)17-11/h2-3,5-6,8H,4,14H2,1H3. The van der Waals surface area contributed by atoms with E-state index in [4.69, 9.17) is 5.73 Å². The molecule has 20 heavy (non-hydrogen) atoms. The Balaban J connectivity index is 2.00. The highest BCUT2D eigenvalue weighted by atomic mass is 79.9. The van der Waals surface area contributed by atoms with E-state index in [1.807, 2.05) is 10.5 Å². The summed E-state index contributed by atoms with van der Waals surface area (Å²) in [6.45, 7) is 2.86. The van der Waals surface area contributed by atoms with E-state index >= 15 is 0 Å². The van der Waals surface area contributed by atoms with Gasteiger partial charge >= 0.3 is 0 Å². The summed E-state index contributed by atoms with van der Waals surface area (Å²) < 4.78 is 2.81. The van der Waals surface area contributed by atoms with Crippen LogP contribution in [0.2, 0.25) is 0 Å². The normalized spacial score (nSPS) is 22.4. The van der Waals surface area contributed by atoms with E-state index in [0.717, 1.165) is 28.0 Å². The lowest BCUT2D eigenvalue weighted by atomic mass is 9.99. The Bertz CT molecular complexity index is 814. The molecule has 1 saturated heterocycles. The maximum Gasteiger partial charge on any atom is 0.204 e. The van der Waals surface area contributed by atoms with Crippen molar-refractivity contribution in [3.8, 4) is 0 Å². The van der Waals surface area contributed by atoms with Crippen LogP contribution in [-0.4, -0.2) is 43.2 Å². The summed E-state index contributed by atoms with van der Waals surface area (Å²) in [6, 6.07) is 2.38. The summed E-state index contributed by atoms with van der Waals surface area (Å²) in [5, 5.41) is 8.18. The lowest BCUT2D eigenvalue weighted by Crippen LogP contribution is -2.63. The van der Waals surface area contributed by atoms with Gasteiger partial charge in [-0.05, 0) is 28.9 Å². The van der Waals surface area contributed by atoms with Crippen LogP contribution in [-0.2, 0) is 0 Å². The van der Waals surface area contributed by atoms with Gasteiger partial charge in [-0.3, -0.25) is 4.40 Å². The molecule has 0 saturated carbocycles. The van der Waals surface area contributed by atoms with E-state index in [2.05, 4.69) is 47.9 Å². The Hall–Kier alpha value is -1.80. The van der Waals surface area contributed by atoms with Gasteiger partial charge in [-0.25, -0.2) is 9.97 Å². The molecule has 8 heteroatoms. The van der Waals surface area contributed by atoms with Crippen molar-refractivity contribution in [1.29, 1.82) is 0 Å². The van der Waals surface area contributed by atoms with Gasteiger partial charge in [0.25, 0.3) is 0 Å². The third-order valence-electron chi connectivity index (χ3n) is 3.82. The van der Waals surface area contributed by atoms with E-state index in [1.54, 1.807) is 12.5 Å². The van der Waals surface area contributed by atoms with E-state index in [1.165, 1.54) is 0 Å². The maximum absolute atomic E-state index is 5.97. The zero-order valence-corrected chi connectivity index (χ0v) is 12.3. The van der Waals surface area contributed by atoms with E-state index in [-0.39, 0.29) is 12.1 Å². The first-order chi connectivity index (χ1) is 9.65. The predicted molar refractivity (Wildman–Crippen MR) is 78.6 cm³/mol. The van der Waals surface area contributed by atoms with Gasteiger partial charge in [-0.2, -0.15) is 0 Å². The predicted octanol–water partition coefficient (Wildman–Crippen LogP) is 0.971. The number of pyridine rings is 1. The highest BCUT2D eigenvalue weighted by Crippen LogP contribution is 2.29. The fourth-order valence-corrected chi connectivity index (χ4v) is 2.83. The number of anilines is 1. The molecule has 3 aromatic heterocycles. The van der Waals surface area contributed by atoms with Crippen molar-refractivity contribution < 1.29 is 0 Å². The van der Waals surface area contributed by atoms with Crippen LogP contribution in [0.5, 0.6) is 0 Å². The summed E-state index contributed by atoms with van der Waals surface area (Å²) in [4.78, 5) is 11.1. The van der Waals surface area contributed by atoms with Crippen molar-refractivity contribution in [1.82, 2.24) is 24.6 Å². The molecule has 7 nitrogen and oxygen atoms in total. The minimum Gasteiger partial charge on any atom is -0.347 e. The van der Waals surface area contributed by atoms with Gasteiger partial charge in [-0.15, -0.1) is 10.2 Å². The molecule has 0 spiro atoms. The molecule has 4 heterocycles. The van der Waals surface area contributed by atoms with Crippen molar-refractivity contribution >= 4 is 38.6 Å². The van der Waals surface area contributed by atoms with Crippen LogP contribution in [0.3, 0.4) is 0 Å². The number of rotatable bonds is 1. The van der Waals surface area contributed by atoms with Gasteiger partial charge in [0.2, 0.25) is 5.65 Å². The number of nitrogens with two attached hydrogens (primary N) is 1. The Morgan fingerprint density at radius 2 is 2.30 bits per heavy atom.